The minimum absolute atomic E-state index is 0.00629. The third-order valence-electron chi connectivity index (χ3n) is 3.58. The first kappa shape index (κ1) is 20.0. The predicted molar refractivity (Wildman–Crippen MR) is 109 cm³/mol. The summed E-state index contributed by atoms with van der Waals surface area (Å²) < 4.78 is 29.9. The molecule has 0 atom stereocenters. The van der Waals surface area contributed by atoms with Crippen LogP contribution in [0.25, 0.3) is 0 Å². The average molecular weight is 429 g/mol. The lowest BCUT2D eigenvalue weighted by Gasteiger charge is -2.12. The minimum Gasteiger partial charge on any atom is -0.433 e. The Morgan fingerprint density at radius 3 is 2.85 bits per heavy atom. The van der Waals surface area contributed by atoms with Crippen molar-refractivity contribution in [2.75, 3.05) is 17.6 Å². The lowest BCUT2D eigenvalue weighted by molar-refractivity contribution is -0.0497. The summed E-state index contributed by atoms with van der Waals surface area (Å²) in [4.78, 5) is 17.0. The molecule has 1 aliphatic heterocycles. The van der Waals surface area contributed by atoms with Gasteiger partial charge in [-0.2, -0.15) is 8.78 Å². The third kappa shape index (κ3) is 5.60. The fourth-order valence-corrected chi connectivity index (χ4v) is 4.62. The summed E-state index contributed by atoms with van der Waals surface area (Å²) in [7, 11) is 0. The van der Waals surface area contributed by atoms with Crippen LogP contribution in [0.4, 0.5) is 14.5 Å². The van der Waals surface area contributed by atoms with Gasteiger partial charge in [0.15, 0.2) is 0 Å². The van der Waals surface area contributed by atoms with Crippen LogP contribution < -0.4 is 10.1 Å². The molecule has 2 aromatic rings. The summed E-state index contributed by atoms with van der Waals surface area (Å²) in [6, 6.07) is 11.4. The molecule has 0 spiro atoms. The van der Waals surface area contributed by atoms with Crippen molar-refractivity contribution in [3.63, 3.8) is 0 Å². The van der Waals surface area contributed by atoms with Crippen molar-refractivity contribution in [1.29, 1.82) is 0 Å². The summed E-state index contributed by atoms with van der Waals surface area (Å²) in [6.45, 7) is -2.13. The van der Waals surface area contributed by atoms with Gasteiger partial charge in [0.2, 0.25) is 0 Å². The smallest absolute Gasteiger partial charge is 0.387 e. The van der Waals surface area contributed by atoms with Crippen LogP contribution in [0.5, 0.6) is 5.75 Å². The van der Waals surface area contributed by atoms with Gasteiger partial charge in [0, 0.05) is 22.8 Å². The number of benzene rings is 2. The van der Waals surface area contributed by atoms with Gasteiger partial charge in [-0.05, 0) is 29.8 Å². The largest absolute Gasteiger partial charge is 0.433 e. The van der Waals surface area contributed by atoms with Gasteiger partial charge in [0.05, 0.1) is 11.6 Å². The van der Waals surface area contributed by atoms with Crippen LogP contribution >= 0.6 is 35.1 Å². The quantitative estimate of drug-likeness (QED) is 0.657. The fraction of sp³-hybridized carbons (Fsp3) is 0.222. The highest BCUT2D eigenvalue weighted by Gasteiger charge is 2.15. The summed E-state index contributed by atoms with van der Waals surface area (Å²) in [6.07, 6.45) is 0. The van der Waals surface area contributed by atoms with E-state index in [1.165, 1.54) is 18.2 Å². The molecule has 1 N–H and O–H groups in total. The first-order chi connectivity index (χ1) is 13.0. The van der Waals surface area contributed by atoms with Gasteiger partial charge in [-0.3, -0.25) is 9.79 Å². The Labute approximate surface area is 168 Å². The van der Waals surface area contributed by atoms with E-state index in [9.17, 15) is 13.6 Å². The molecule has 0 fully saturated rings. The number of nitrogens with one attached hydrogen (secondary N) is 1. The normalized spacial score (nSPS) is 13.6. The van der Waals surface area contributed by atoms with Crippen molar-refractivity contribution < 1.29 is 18.3 Å². The summed E-state index contributed by atoms with van der Waals surface area (Å²) in [5.74, 6) is 1.19. The maximum atomic E-state index is 12.7. The summed E-state index contributed by atoms with van der Waals surface area (Å²) in [5.41, 5.74) is 1.82. The van der Waals surface area contributed by atoms with Crippen LogP contribution in [-0.2, 0) is 5.75 Å². The third-order valence-corrected chi connectivity index (χ3v) is 6.17. The molecule has 3 rings (SSSR count). The number of rotatable bonds is 6. The molecule has 1 amide bonds. The molecule has 0 saturated heterocycles. The molecule has 0 unspecified atom stereocenters. The number of carbonyl (C=O) groups excluding carboxylic acids is 1. The number of alkyl halides is 2. The molecular formula is C18H15ClF2N2O2S2. The monoisotopic (exact) mass is 428 g/mol. The van der Waals surface area contributed by atoms with Crippen molar-refractivity contribution in [1.82, 2.24) is 0 Å². The second-order valence-electron chi connectivity index (χ2n) is 5.42. The molecule has 0 radical (unpaired) electrons. The van der Waals surface area contributed by atoms with E-state index < -0.39 is 6.61 Å². The van der Waals surface area contributed by atoms with Crippen molar-refractivity contribution in [3.05, 3.63) is 58.6 Å². The molecule has 142 valence electrons. The van der Waals surface area contributed by atoms with E-state index >= 15 is 0 Å². The fourth-order valence-electron chi connectivity index (χ4n) is 2.38. The molecule has 0 bridgehead atoms. The summed E-state index contributed by atoms with van der Waals surface area (Å²) >= 11 is 9.26. The number of nitrogens with zero attached hydrogens (tertiary/aromatic N) is 1. The number of amides is 1. The Bertz CT molecular complexity index is 865. The molecule has 27 heavy (non-hydrogen) atoms. The van der Waals surface area contributed by atoms with E-state index in [0.29, 0.717) is 17.0 Å². The highest BCUT2D eigenvalue weighted by Crippen LogP contribution is 2.30. The SMILES string of the molecule is O=C(Nc1ccc(OC(F)F)c(Cl)c1)c1ccccc1CSC1=NCCS1. The maximum absolute atomic E-state index is 12.7. The molecule has 1 heterocycles. The Kier molecular flexibility index (Phi) is 6.98. The average Bonchev–Trinajstić information content (AvgIpc) is 3.16. The van der Waals surface area contributed by atoms with Gasteiger partial charge < -0.3 is 10.1 Å². The second-order valence-corrected chi connectivity index (χ2v) is 8.13. The first-order valence-corrected chi connectivity index (χ1v) is 10.3. The van der Waals surface area contributed by atoms with Crippen LogP contribution in [0.15, 0.2) is 47.5 Å². The molecule has 1 aliphatic rings. The van der Waals surface area contributed by atoms with E-state index in [1.807, 2.05) is 12.1 Å². The minimum atomic E-state index is -2.96. The van der Waals surface area contributed by atoms with Crippen molar-refractivity contribution in [3.8, 4) is 5.75 Å². The van der Waals surface area contributed by atoms with E-state index in [2.05, 4.69) is 15.0 Å². The van der Waals surface area contributed by atoms with E-state index in [0.717, 1.165) is 22.2 Å². The van der Waals surface area contributed by atoms with Crippen molar-refractivity contribution in [2.45, 2.75) is 12.4 Å². The highest BCUT2D eigenvalue weighted by molar-refractivity contribution is 8.38. The zero-order valence-corrected chi connectivity index (χ0v) is 16.3. The number of hydrogen-bond donors (Lipinski definition) is 1. The zero-order valence-electron chi connectivity index (χ0n) is 14.0. The van der Waals surface area contributed by atoms with Gasteiger partial charge >= 0.3 is 6.61 Å². The second kappa shape index (κ2) is 9.43. The Morgan fingerprint density at radius 2 is 2.15 bits per heavy atom. The van der Waals surface area contributed by atoms with E-state index in [1.54, 1.807) is 35.7 Å². The number of hydrogen-bond acceptors (Lipinski definition) is 5. The zero-order chi connectivity index (χ0) is 19.2. The molecule has 9 heteroatoms. The predicted octanol–water partition coefficient (Wildman–Crippen LogP) is 5.53. The lowest BCUT2D eigenvalue weighted by Crippen LogP contribution is -2.14. The number of halogens is 3. The van der Waals surface area contributed by atoms with Gasteiger partial charge in [-0.25, -0.2) is 0 Å². The first-order valence-electron chi connectivity index (χ1n) is 7.96. The number of ether oxygens (including phenoxy) is 1. The highest BCUT2D eigenvalue weighted by atomic mass is 35.5. The molecule has 0 aliphatic carbocycles. The van der Waals surface area contributed by atoms with Crippen LogP contribution in [-0.4, -0.2) is 29.2 Å². The van der Waals surface area contributed by atoms with Crippen molar-refractivity contribution >= 4 is 51.1 Å². The summed E-state index contributed by atoms with van der Waals surface area (Å²) in [5, 5.41) is 2.73. The molecule has 2 aromatic carbocycles. The van der Waals surface area contributed by atoms with Gasteiger partial charge in [0.1, 0.15) is 10.1 Å². The van der Waals surface area contributed by atoms with E-state index in [4.69, 9.17) is 11.6 Å². The van der Waals surface area contributed by atoms with Gasteiger partial charge in [-0.1, -0.05) is 53.3 Å². The van der Waals surface area contributed by atoms with Crippen molar-refractivity contribution in [2.24, 2.45) is 4.99 Å². The number of thioether (sulfide) groups is 2. The molecule has 0 aromatic heterocycles. The van der Waals surface area contributed by atoms with E-state index in [-0.39, 0.29) is 16.7 Å². The molecule has 4 nitrogen and oxygen atoms in total. The molecular weight excluding hydrogens is 414 g/mol. The van der Waals surface area contributed by atoms with Gasteiger partial charge in [0.25, 0.3) is 5.91 Å². The van der Waals surface area contributed by atoms with Crippen LogP contribution in [0.2, 0.25) is 5.02 Å². The van der Waals surface area contributed by atoms with Crippen LogP contribution in [0, 0.1) is 0 Å². The van der Waals surface area contributed by atoms with Crippen LogP contribution in [0.3, 0.4) is 0 Å². The number of carbonyl (C=O) groups is 1. The Balaban J connectivity index is 1.69. The maximum Gasteiger partial charge on any atom is 0.387 e. The van der Waals surface area contributed by atoms with Crippen LogP contribution in [0.1, 0.15) is 15.9 Å². The standard InChI is InChI=1S/C18H15ClF2N2O2S2/c19-14-9-12(5-6-15(14)25-17(20)21)23-16(24)13-4-2-1-3-11(13)10-27-18-22-7-8-26-18/h1-6,9,17H,7-8,10H2,(H,23,24). The number of anilines is 1. The molecule has 0 saturated carbocycles. The van der Waals surface area contributed by atoms with Gasteiger partial charge in [-0.15, -0.1) is 0 Å². The Morgan fingerprint density at radius 1 is 1.33 bits per heavy atom. The Hall–Kier alpha value is -1.77. The number of aliphatic imine (C=N–C) groups is 1. The lowest BCUT2D eigenvalue weighted by atomic mass is 10.1. The topological polar surface area (TPSA) is 50.7 Å².